The molecule has 6 nitrogen and oxygen atoms in total. The van der Waals surface area contributed by atoms with Crippen molar-refractivity contribution in [3.63, 3.8) is 0 Å². The maximum Gasteiger partial charge on any atom is 0.225 e. The van der Waals surface area contributed by atoms with E-state index in [4.69, 9.17) is 5.73 Å². The van der Waals surface area contributed by atoms with Crippen LogP contribution in [0.15, 0.2) is 12.3 Å². The van der Waals surface area contributed by atoms with Gasteiger partial charge in [-0.05, 0) is 12.5 Å². The van der Waals surface area contributed by atoms with Crippen LogP contribution in [0.4, 0.5) is 5.95 Å². The van der Waals surface area contributed by atoms with E-state index >= 15 is 0 Å². The average Bonchev–Trinajstić information content (AvgIpc) is 2.69. The summed E-state index contributed by atoms with van der Waals surface area (Å²) in [5.41, 5.74) is 6.26. The zero-order valence-electron chi connectivity index (χ0n) is 9.70. The molecule has 7 heteroatoms. The summed E-state index contributed by atoms with van der Waals surface area (Å²) < 4.78 is 22.8. The van der Waals surface area contributed by atoms with Crippen molar-refractivity contribution in [3.05, 3.63) is 18.0 Å². The molecule has 0 radical (unpaired) electrons. The van der Waals surface area contributed by atoms with E-state index in [1.807, 2.05) is 11.9 Å². The van der Waals surface area contributed by atoms with Crippen LogP contribution in [0.2, 0.25) is 0 Å². The van der Waals surface area contributed by atoms with E-state index in [9.17, 15) is 8.42 Å². The smallest absolute Gasteiger partial charge is 0.225 e. The number of aromatic nitrogens is 2. The molecule has 1 atom stereocenters. The van der Waals surface area contributed by atoms with Gasteiger partial charge in [-0.1, -0.05) is 0 Å². The third-order valence-electron chi connectivity index (χ3n) is 2.98. The second-order valence-electron chi connectivity index (χ2n) is 4.22. The molecule has 0 bridgehead atoms. The molecule has 1 fully saturated rings. The van der Waals surface area contributed by atoms with Crippen molar-refractivity contribution >= 4 is 15.8 Å². The summed E-state index contributed by atoms with van der Waals surface area (Å²) in [6.45, 7) is 0.353. The fourth-order valence-electron chi connectivity index (χ4n) is 1.91. The first-order chi connectivity index (χ1) is 8.02. The van der Waals surface area contributed by atoms with Gasteiger partial charge < -0.3 is 10.6 Å². The Kier molecular flexibility index (Phi) is 3.30. The number of hydrogen-bond acceptors (Lipinski definition) is 6. The first-order valence-corrected chi connectivity index (χ1v) is 7.29. The van der Waals surface area contributed by atoms with Crippen molar-refractivity contribution in [3.8, 4) is 0 Å². The molecule has 1 aliphatic heterocycles. The fraction of sp³-hybridized carbons (Fsp3) is 0.600. The zero-order valence-corrected chi connectivity index (χ0v) is 10.5. The summed E-state index contributed by atoms with van der Waals surface area (Å²) >= 11 is 0. The van der Waals surface area contributed by atoms with Crippen LogP contribution in [0.5, 0.6) is 0 Å². The van der Waals surface area contributed by atoms with E-state index in [0.29, 0.717) is 18.9 Å². The third kappa shape index (κ3) is 2.73. The van der Waals surface area contributed by atoms with Crippen LogP contribution in [0.3, 0.4) is 0 Å². The number of rotatable bonds is 3. The summed E-state index contributed by atoms with van der Waals surface area (Å²) in [6.07, 6.45) is 2.28. The lowest BCUT2D eigenvalue weighted by Gasteiger charge is -2.23. The molecule has 1 saturated heterocycles. The lowest BCUT2D eigenvalue weighted by Crippen LogP contribution is -2.34. The van der Waals surface area contributed by atoms with Crippen LogP contribution < -0.4 is 10.6 Å². The Labute approximate surface area is 101 Å². The number of nitrogens with two attached hydrogens (primary N) is 1. The van der Waals surface area contributed by atoms with Crippen LogP contribution in [0.1, 0.15) is 12.1 Å². The molecule has 17 heavy (non-hydrogen) atoms. The highest BCUT2D eigenvalue weighted by Crippen LogP contribution is 2.19. The molecule has 2 heterocycles. The van der Waals surface area contributed by atoms with Crippen LogP contribution in [-0.2, 0) is 16.4 Å². The van der Waals surface area contributed by atoms with Crippen LogP contribution in [0, 0.1) is 0 Å². The van der Waals surface area contributed by atoms with Gasteiger partial charge in [-0.15, -0.1) is 0 Å². The van der Waals surface area contributed by atoms with Gasteiger partial charge >= 0.3 is 0 Å². The number of sulfone groups is 1. The lowest BCUT2D eigenvalue weighted by atomic mass is 10.2. The second-order valence-corrected chi connectivity index (χ2v) is 6.45. The van der Waals surface area contributed by atoms with Gasteiger partial charge in [0.1, 0.15) is 0 Å². The van der Waals surface area contributed by atoms with Crippen molar-refractivity contribution in [1.29, 1.82) is 0 Å². The molecule has 0 spiro atoms. The molecule has 94 valence electrons. The maximum atomic E-state index is 11.4. The third-order valence-corrected chi connectivity index (χ3v) is 4.73. The minimum absolute atomic E-state index is 0.0342. The van der Waals surface area contributed by atoms with Gasteiger partial charge in [0.15, 0.2) is 9.84 Å². The topological polar surface area (TPSA) is 89.2 Å². The van der Waals surface area contributed by atoms with Crippen LogP contribution >= 0.6 is 0 Å². The molecular weight excluding hydrogens is 240 g/mol. The average molecular weight is 256 g/mol. The first-order valence-electron chi connectivity index (χ1n) is 5.47. The van der Waals surface area contributed by atoms with Gasteiger partial charge in [0.05, 0.1) is 17.2 Å². The number of anilines is 1. The summed E-state index contributed by atoms with van der Waals surface area (Å²) in [7, 11) is -1.07. The molecule has 1 aromatic heterocycles. The van der Waals surface area contributed by atoms with E-state index in [1.165, 1.54) is 0 Å². The summed E-state index contributed by atoms with van der Waals surface area (Å²) in [6, 6.07) is 1.72. The summed E-state index contributed by atoms with van der Waals surface area (Å²) in [4.78, 5) is 10.2. The van der Waals surface area contributed by atoms with Crippen molar-refractivity contribution in [2.75, 3.05) is 23.5 Å². The Morgan fingerprint density at radius 2 is 2.35 bits per heavy atom. The normalized spacial score (nSPS) is 22.6. The van der Waals surface area contributed by atoms with E-state index in [-0.39, 0.29) is 17.5 Å². The van der Waals surface area contributed by atoms with Crippen molar-refractivity contribution < 1.29 is 8.42 Å². The number of nitrogens with zero attached hydrogens (tertiary/aromatic N) is 3. The Balaban J connectivity index is 2.17. The fourth-order valence-corrected chi connectivity index (χ4v) is 3.69. The molecule has 1 aromatic rings. The molecule has 2 rings (SSSR count). The maximum absolute atomic E-state index is 11.4. The molecule has 1 unspecified atom stereocenters. The molecule has 0 aliphatic carbocycles. The predicted octanol–water partition coefficient (Wildman–Crippen LogP) is -0.441. The van der Waals surface area contributed by atoms with Gasteiger partial charge in [0.2, 0.25) is 5.95 Å². The largest absolute Gasteiger partial charge is 0.340 e. The highest BCUT2D eigenvalue weighted by Gasteiger charge is 2.31. The minimum atomic E-state index is -2.89. The first kappa shape index (κ1) is 12.3. The van der Waals surface area contributed by atoms with Gasteiger partial charge in [-0.2, -0.15) is 0 Å². The monoisotopic (exact) mass is 256 g/mol. The van der Waals surface area contributed by atoms with Crippen molar-refractivity contribution in [2.24, 2.45) is 5.73 Å². The molecular formula is C10H16N4O2S. The number of hydrogen-bond donors (Lipinski definition) is 1. The van der Waals surface area contributed by atoms with Crippen LogP contribution in [-0.4, -0.2) is 43.0 Å². The molecule has 0 aromatic carbocycles. The lowest BCUT2D eigenvalue weighted by molar-refractivity contribution is 0.600. The highest BCUT2D eigenvalue weighted by molar-refractivity contribution is 7.91. The van der Waals surface area contributed by atoms with E-state index in [0.717, 1.165) is 5.69 Å². The SMILES string of the molecule is CN(c1nccc(CN)n1)C1CCS(=O)(=O)C1. The summed E-state index contributed by atoms with van der Waals surface area (Å²) in [5, 5.41) is 0. The minimum Gasteiger partial charge on any atom is -0.340 e. The summed E-state index contributed by atoms with van der Waals surface area (Å²) in [5.74, 6) is 0.966. The molecule has 1 aliphatic rings. The van der Waals surface area contributed by atoms with Gasteiger partial charge in [0, 0.05) is 25.8 Å². The Bertz CT molecular complexity index is 503. The van der Waals surface area contributed by atoms with Gasteiger partial charge in [-0.3, -0.25) is 0 Å². The second kappa shape index (κ2) is 4.58. The molecule has 2 N–H and O–H groups in total. The van der Waals surface area contributed by atoms with Gasteiger partial charge in [-0.25, -0.2) is 18.4 Å². The molecule has 0 saturated carbocycles. The highest BCUT2D eigenvalue weighted by atomic mass is 32.2. The van der Waals surface area contributed by atoms with Crippen LogP contribution in [0.25, 0.3) is 0 Å². The van der Waals surface area contributed by atoms with Gasteiger partial charge in [0.25, 0.3) is 0 Å². The van der Waals surface area contributed by atoms with E-state index < -0.39 is 9.84 Å². The quantitative estimate of drug-likeness (QED) is 0.788. The predicted molar refractivity (Wildman–Crippen MR) is 65.4 cm³/mol. The Morgan fingerprint density at radius 3 is 2.94 bits per heavy atom. The van der Waals surface area contributed by atoms with Crippen molar-refractivity contribution in [2.45, 2.75) is 19.0 Å². The standard InChI is InChI=1S/C10H16N4O2S/c1-14(9-3-5-17(15,16)7-9)10-12-4-2-8(6-11)13-10/h2,4,9H,3,5-7,11H2,1H3. The van der Waals surface area contributed by atoms with E-state index in [1.54, 1.807) is 12.3 Å². The Hall–Kier alpha value is -1.21. The Morgan fingerprint density at radius 1 is 1.59 bits per heavy atom. The zero-order chi connectivity index (χ0) is 12.5. The van der Waals surface area contributed by atoms with Crippen molar-refractivity contribution in [1.82, 2.24) is 9.97 Å². The van der Waals surface area contributed by atoms with E-state index in [2.05, 4.69) is 9.97 Å². The molecule has 0 amide bonds.